The Morgan fingerprint density at radius 2 is 1.89 bits per heavy atom. The third kappa shape index (κ3) is 3.83. The summed E-state index contributed by atoms with van der Waals surface area (Å²) >= 11 is 3.12. The first-order valence-electron chi connectivity index (χ1n) is 5.38. The van der Waals surface area contributed by atoms with Gasteiger partial charge in [0.05, 0.1) is 11.0 Å². The number of nitrogens with one attached hydrogen (secondary N) is 1. The van der Waals surface area contributed by atoms with Crippen molar-refractivity contribution in [1.82, 2.24) is 0 Å². The summed E-state index contributed by atoms with van der Waals surface area (Å²) in [6, 6.07) is 4.49. The van der Waals surface area contributed by atoms with E-state index in [4.69, 9.17) is 0 Å². The van der Waals surface area contributed by atoms with Crippen LogP contribution in [0.25, 0.3) is 0 Å². The van der Waals surface area contributed by atoms with Crippen molar-refractivity contribution in [2.45, 2.75) is 20.0 Å². The second-order valence-corrected chi connectivity index (χ2v) is 5.52. The van der Waals surface area contributed by atoms with Gasteiger partial charge in [0.1, 0.15) is 0 Å². The minimum atomic E-state index is -4.44. The van der Waals surface area contributed by atoms with Gasteiger partial charge in [-0.3, -0.25) is 4.79 Å². The molecule has 0 aliphatic rings. The summed E-state index contributed by atoms with van der Waals surface area (Å²) in [5.41, 5.74) is -1.63. The van der Waals surface area contributed by atoms with Crippen LogP contribution in [0.15, 0.2) is 35.3 Å². The van der Waals surface area contributed by atoms with Gasteiger partial charge in [-0.15, -0.1) is 0 Å². The minimum absolute atomic E-state index is 0.0988. The summed E-state index contributed by atoms with van der Waals surface area (Å²) in [6.45, 7) is 6.86. The maximum atomic E-state index is 12.5. The number of benzene rings is 1. The molecule has 0 saturated carbocycles. The molecule has 1 aromatic carbocycles. The van der Waals surface area contributed by atoms with E-state index >= 15 is 0 Å². The lowest BCUT2D eigenvalue weighted by Crippen LogP contribution is -2.30. The van der Waals surface area contributed by atoms with Crippen LogP contribution in [0.5, 0.6) is 0 Å². The fourth-order valence-electron chi connectivity index (χ4n) is 1.18. The van der Waals surface area contributed by atoms with Crippen molar-refractivity contribution in [3.63, 3.8) is 0 Å². The summed E-state index contributed by atoms with van der Waals surface area (Å²) in [4.78, 5) is 12.0. The van der Waals surface area contributed by atoms with Crippen molar-refractivity contribution < 1.29 is 18.0 Å². The van der Waals surface area contributed by atoms with Gasteiger partial charge in [0.2, 0.25) is 5.91 Å². The Kier molecular flexibility index (Phi) is 4.45. The lowest BCUT2D eigenvalue weighted by atomic mass is 9.92. The molecule has 0 saturated heterocycles. The number of halogens is 4. The Labute approximate surface area is 117 Å². The molecule has 1 N–H and O–H groups in total. The van der Waals surface area contributed by atoms with E-state index in [0.29, 0.717) is 4.48 Å². The molecule has 104 valence electrons. The predicted molar refractivity (Wildman–Crippen MR) is 71.9 cm³/mol. The van der Waals surface area contributed by atoms with E-state index in [2.05, 4.69) is 27.8 Å². The van der Waals surface area contributed by atoms with Crippen LogP contribution in [-0.4, -0.2) is 5.91 Å². The summed E-state index contributed by atoms with van der Waals surface area (Å²) in [5, 5.41) is 2.45. The SMILES string of the molecule is C=C(Br)C(C)(C)C(=O)Nc1cccc(C(F)(F)F)c1. The highest BCUT2D eigenvalue weighted by Gasteiger charge is 2.32. The lowest BCUT2D eigenvalue weighted by Gasteiger charge is -2.22. The highest BCUT2D eigenvalue weighted by atomic mass is 79.9. The first kappa shape index (κ1) is 15.8. The van der Waals surface area contributed by atoms with Gasteiger partial charge in [-0.05, 0) is 32.0 Å². The Morgan fingerprint density at radius 3 is 2.37 bits per heavy atom. The molecule has 6 heteroatoms. The first-order chi connectivity index (χ1) is 8.55. The molecule has 0 spiro atoms. The molecule has 2 nitrogen and oxygen atoms in total. The maximum Gasteiger partial charge on any atom is 0.416 e. The second-order valence-electron chi connectivity index (χ2n) is 4.56. The summed E-state index contributed by atoms with van der Waals surface area (Å²) in [7, 11) is 0. The highest BCUT2D eigenvalue weighted by molar-refractivity contribution is 9.11. The van der Waals surface area contributed by atoms with Crippen LogP contribution in [0, 0.1) is 5.41 Å². The number of rotatable bonds is 3. The summed E-state index contributed by atoms with van der Waals surface area (Å²) in [5.74, 6) is -0.436. The van der Waals surface area contributed by atoms with Crippen LogP contribution < -0.4 is 5.32 Å². The molecule has 0 aliphatic heterocycles. The Hall–Kier alpha value is -1.30. The largest absolute Gasteiger partial charge is 0.416 e. The molecule has 0 atom stereocenters. The number of carbonyl (C=O) groups excluding carboxylic acids is 1. The molecular formula is C13H13BrF3NO. The Bertz CT molecular complexity index is 509. The topological polar surface area (TPSA) is 29.1 Å². The van der Waals surface area contributed by atoms with Gasteiger partial charge >= 0.3 is 6.18 Å². The summed E-state index contributed by atoms with van der Waals surface area (Å²) < 4.78 is 38.0. The molecule has 0 aromatic heterocycles. The van der Waals surface area contributed by atoms with Crippen molar-refractivity contribution in [2.24, 2.45) is 5.41 Å². The van der Waals surface area contributed by atoms with E-state index in [0.717, 1.165) is 12.1 Å². The molecule has 0 unspecified atom stereocenters. The maximum absolute atomic E-state index is 12.5. The number of anilines is 1. The van der Waals surface area contributed by atoms with Gasteiger partial charge in [0.25, 0.3) is 0 Å². The standard InChI is InChI=1S/C13H13BrF3NO/c1-8(14)12(2,3)11(19)18-10-6-4-5-9(7-10)13(15,16)17/h4-7H,1H2,2-3H3,(H,18,19). The van der Waals surface area contributed by atoms with E-state index in [-0.39, 0.29) is 5.69 Å². The van der Waals surface area contributed by atoms with Gasteiger partial charge in [0.15, 0.2) is 0 Å². The van der Waals surface area contributed by atoms with E-state index in [9.17, 15) is 18.0 Å². The van der Waals surface area contributed by atoms with E-state index in [1.165, 1.54) is 12.1 Å². The third-order valence-electron chi connectivity index (χ3n) is 2.69. The van der Waals surface area contributed by atoms with Gasteiger partial charge < -0.3 is 5.32 Å². The fourth-order valence-corrected chi connectivity index (χ4v) is 1.36. The van der Waals surface area contributed by atoms with Crippen LogP contribution >= 0.6 is 15.9 Å². The zero-order valence-electron chi connectivity index (χ0n) is 10.4. The number of alkyl halides is 3. The van der Waals surface area contributed by atoms with Crippen LogP contribution in [0.3, 0.4) is 0 Å². The summed E-state index contributed by atoms with van der Waals surface area (Å²) in [6.07, 6.45) is -4.44. The smallest absolute Gasteiger partial charge is 0.325 e. The van der Waals surface area contributed by atoms with Gasteiger partial charge in [-0.1, -0.05) is 28.6 Å². The number of amides is 1. The molecule has 1 amide bonds. The minimum Gasteiger partial charge on any atom is -0.325 e. The van der Waals surface area contributed by atoms with Gasteiger partial charge in [0, 0.05) is 10.2 Å². The van der Waals surface area contributed by atoms with Gasteiger partial charge in [-0.25, -0.2) is 0 Å². The van der Waals surface area contributed by atoms with E-state index in [1.807, 2.05) is 0 Å². The normalized spacial score (nSPS) is 12.1. The molecule has 19 heavy (non-hydrogen) atoms. The molecule has 0 heterocycles. The molecule has 1 rings (SSSR count). The molecule has 0 fully saturated rings. The first-order valence-corrected chi connectivity index (χ1v) is 6.18. The molecule has 1 aromatic rings. The van der Waals surface area contributed by atoms with E-state index < -0.39 is 23.1 Å². The van der Waals surface area contributed by atoms with Crippen molar-refractivity contribution in [3.8, 4) is 0 Å². The van der Waals surface area contributed by atoms with Crippen LogP contribution in [0.2, 0.25) is 0 Å². The molecule has 0 aliphatic carbocycles. The second kappa shape index (κ2) is 5.36. The van der Waals surface area contributed by atoms with Crippen molar-refractivity contribution >= 4 is 27.5 Å². The average Bonchev–Trinajstić information content (AvgIpc) is 2.27. The lowest BCUT2D eigenvalue weighted by molar-refractivity contribution is -0.137. The van der Waals surface area contributed by atoms with Crippen molar-refractivity contribution in [1.29, 1.82) is 0 Å². The molecule has 0 radical (unpaired) electrons. The number of hydrogen-bond donors (Lipinski definition) is 1. The number of hydrogen-bond acceptors (Lipinski definition) is 1. The van der Waals surface area contributed by atoms with Crippen LogP contribution in [0.1, 0.15) is 19.4 Å². The van der Waals surface area contributed by atoms with Gasteiger partial charge in [-0.2, -0.15) is 13.2 Å². The average molecular weight is 336 g/mol. The van der Waals surface area contributed by atoms with Crippen LogP contribution in [-0.2, 0) is 11.0 Å². The van der Waals surface area contributed by atoms with E-state index in [1.54, 1.807) is 13.8 Å². The molecule has 0 bridgehead atoms. The third-order valence-corrected chi connectivity index (χ3v) is 3.68. The van der Waals surface area contributed by atoms with Crippen LogP contribution in [0.4, 0.5) is 18.9 Å². The zero-order valence-corrected chi connectivity index (χ0v) is 12.0. The Morgan fingerprint density at radius 1 is 1.32 bits per heavy atom. The predicted octanol–water partition coefficient (Wildman–Crippen LogP) is 4.58. The monoisotopic (exact) mass is 335 g/mol. The van der Waals surface area contributed by atoms with Crippen molar-refractivity contribution in [2.75, 3.05) is 5.32 Å². The highest BCUT2D eigenvalue weighted by Crippen LogP contribution is 2.33. The fraction of sp³-hybridized carbons (Fsp3) is 0.308. The quantitative estimate of drug-likeness (QED) is 0.860. The number of carbonyl (C=O) groups is 1. The Balaban J connectivity index is 2.96. The molecular weight excluding hydrogens is 323 g/mol. The zero-order chi connectivity index (χ0) is 14.8. The van der Waals surface area contributed by atoms with Crippen molar-refractivity contribution in [3.05, 3.63) is 40.9 Å².